The second kappa shape index (κ2) is 4.74. The molecule has 0 spiro atoms. The lowest BCUT2D eigenvalue weighted by atomic mass is 10.0. The normalized spacial score (nSPS) is 22.5. The van der Waals surface area contributed by atoms with Crippen LogP contribution < -0.4 is 5.32 Å². The van der Waals surface area contributed by atoms with Crippen molar-refractivity contribution in [3.8, 4) is 0 Å². The summed E-state index contributed by atoms with van der Waals surface area (Å²) in [5.74, 6) is -0.194. The van der Waals surface area contributed by atoms with E-state index in [1.807, 2.05) is 19.9 Å². The van der Waals surface area contributed by atoms with Crippen molar-refractivity contribution >= 4 is 32.6 Å². The second-order valence-electron chi connectivity index (χ2n) is 4.36. The Morgan fingerprint density at radius 2 is 1.94 bits per heavy atom. The summed E-state index contributed by atoms with van der Waals surface area (Å²) in [5.41, 5.74) is 0.581. The van der Waals surface area contributed by atoms with Gasteiger partial charge in [-0.05, 0) is 36.8 Å². The highest BCUT2D eigenvalue weighted by Crippen LogP contribution is 2.47. The third-order valence-corrected chi connectivity index (χ3v) is 5.76. The van der Waals surface area contributed by atoms with Crippen LogP contribution in [0, 0.1) is 0 Å². The standard InChI is InChI=1S/C12H13NO2S2/c1-12(2)9(11(15)16-17-12)13-10(14)8-6-4-3-5-7-8/h3-7,9H,1-2H3,(H,13,14)/t9-/m0/s1. The zero-order valence-electron chi connectivity index (χ0n) is 9.60. The Bertz CT molecular complexity index is 445. The summed E-state index contributed by atoms with van der Waals surface area (Å²) in [6.45, 7) is 3.93. The quantitative estimate of drug-likeness (QED) is 0.836. The molecule has 0 bridgehead atoms. The summed E-state index contributed by atoms with van der Waals surface area (Å²) in [6, 6.07) is 8.52. The molecule has 1 amide bonds. The Labute approximate surface area is 108 Å². The maximum absolute atomic E-state index is 12.0. The fourth-order valence-corrected chi connectivity index (χ4v) is 4.12. The van der Waals surface area contributed by atoms with E-state index in [0.717, 1.165) is 0 Å². The van der Waals surface area contributed by atoms with Crippen molar-refractivity contribution in [1.82, 2.24) is 5.32 Å². The molecule has 5 heteroatoms. The summed E-state index contributed by atoms with van der Waals surface area (Å²) in [7, 11) is 2.72. The van der Waals surface area contributed by atoms with Crippen LogP contribution in [0.15, 0.2) is 30.3 Å². The number of carbonyl (C=O) groups excluding carboxylic acids is 2. The van der Waals surface area contributed by atoms with E-state index in [4.69, 9.17) is 0 Å². The fourth-order valence-electron chi connectivity index (χ4n) is 1.57. The minimum absolute atomic E-state index is 0.0179. The third kappa shape index (κ3) is 2.66. The lowest BCUT2D eigenvalue weighted by Gasteiger charge is -2.23. The predicted molar refractivity (Wildman–Crippen MR) is 72.0 cm³/mol. The molecule has 1 aromatic rings. The molecular weight excluding hydrogens is 254 g/mol. The van der Waals surface area contributed by atoms with Crippen molar-refractivity contribution in [3.63, 3.8) is 0 Å². The first-order valence-electron chi connectivity index (χ1n) is 5.26. The van der Waals surface area contributed by atoms with Gasteiger partial charge >= 0.3 is 0 Å². The van der Waals surface area contributed by atoms with Crippen molar-refractivity contribution in [2.45, 2.75) is 24.6 Å². The van der Waals surface area contributed by atoms with Crippen LogP contribution in [-0.4, -0.2) is 21.8 Å². The summed E-state index contributed by atoms with van der Waals surface area (Å²) in [6.07, 6.45) is 0. The van der Waals surface area contributed by atoms with Crippen LogP contribution in [-0.2, 0) is 4.79 Å². The number of nitrogens with one attached hydrogen (secondary N) is 1. The van der Waals surface area contributed by atoms with Gasteiger partial charge in [0.25, 0.3) is 5.91 Å². The average Bonchev–Trinajstić information content (AvgIpc) is 2.57. The molecule has 0 saturated carbocycles. The molecule has 17 heavy (non-hydrogen) atoms. The molecule has 0 unspecified atom stereocenters. The molecule has 1 heterocycles. The van der Waals surface area contributed by atoms with Crippen LogP contribution in [0.3, 0.4) is 0 Å². The van der Waals surface area contributed by atoms with E-state index >= 15 is 0 Å². The van der Waals surface area contributed by atoms with Gasteiger partial charge in [0, 0.05) is 10.3 Å². The maximum Gasteiger partial charge on any atom is 0.251 e. The van der Waals surface area contributed by atoms with Crippen LogP contribution in [0.2, 0.25) is 0 Å². The zero-order valence-corrected chi connectivity index (χ0v) is 11.2. The number of carbonyl (C=O) groups is 2. The molecule has 1 aliphatic heterocycles. The molecule has 1 fully saturated rings. The number of benzene rings is 1. The van der Waals surface area contributed by atoms with Crippen molar-refractivity contribution in [1.29, 1.82) is 0 Å². The highest BCUT2D eigenvalue weighted by Gasteiger charge is 2.44. The molecule has 0 aromatic heterocycles. The first kappa shape index (κ1) is 12.5. The monoisotopic (exact) mass is 267 g/mol. The van der Waals surface area contributed by atoms with Crippen LogP contribution in [0.4, 0.5) is 0 Å². The Morgan fingerprint density at radius 3 is 2.47 bits per heavy atom. The Balaban J connectivity index is 2.12. The Morgan fingerprint density at radius 1 is 1.29 bits per heavy atom. The van der Waals surface area contributed by atoms with Crippen molar-refractivity contribution in [2.75, 3.05) is 0 Å². The lowest BCUT2D eigenvalue weighted by Crippen LogP contribution is -2.48. The van der Waals surface area contributed by atoms with Gasteiger partial charge in [-0.2, -0.15) is 0 Å². The molecule has 1 atom stereocenters. The van der Waals surface area contributed by atoms with Gasteiger partial charge in [-0.25, -0.2) is 0 Å². The van der Waals surface area contributed by atoms with Crippen molar-refractivity contribution < 1.29 is 9.59 Å². The predicted octanol–water partition coefficient (Wildman–Crippen LogP) is 2.49. The summed E-state index contributed by atoms with van der Waals surface area (Å²) in [5, 5.41) is 2.82. The Hall–Kier alpha value is -0.940. The van der Waals surface area contributed by atoms with E-state index in [1.54, 1.807) is 24.3 Å². The fraction of sp³-hybridized carbons (Fsp3) is 0.333. The summed E-state index contributed by atoms with van der Waals surface area (Å²) in [4.78, 5) is 23.6. The smallest absolute Gasteiger partial charge is 0.251 e. The highest BCUT2D eigenvalue weighted by atomic mass is 33.1. The molecule has 1 N–H and O–H groups in total. The first-order valence-corrected chi connectivity index (χ1v) is 7.41. The second-order valence-corrected chi connectivity index (χ2v) is 7.15. The van der Waals surface area contributed by atoms with E-state index < -0.39 is 6.04 Å². The van der Waals surface area contributed by atoms with E-state index in [2.05, 4.69) is 5.32 Å². The van der Waals surface area contributed by atoms with Gasteiger partial charge in [0.1, 0.15) is 6.04 Å². The van der Waals surface area contributed by atoms with Crippen LogP contribution in [0.1, 0.15) is 24.2 Å². The molecule has 90 valence electrons. The minimum atomic E-state index is -0.426. The summed E-state index contributed by atoms with van der Waals surface area (Å²) >= 11 is 0. The van der Waals surface area contributed by atoms with Gasteiger partial charge in [0.05, 0.1) is 0 Å². The van der Waals surface area contributed by atoms with Gasteiger partial charge in [-0.1, -0.05) is 29.0 Å². The van der Waals surface area contributed by atoms with E-state index in [1.165, 1.54) is 21.6 Å². The average molecular weight is 267 g/mol. The largest absolute Gasteiger partial charge is 0.340 e. The molecule has 0 aliphatic carbocycles. The number of amides is 1. The van der Waals surface area contributed by atoms with Gasteiger partial charge < -0.3 is 5.32 Å². The van der Waals surface area contributed by atoms with E-state index in [9.17, 15) is 9.59 Å². The Kier molecular flexibility index (Phi) is 3.49. The highest BCUT2D eigenvalue weighted by molar-refractivity contribution is 8.83. The van der Waals surface area contributed by atoms with Crippen molar-refractivity contribution in [2.24, 2.45) is 0 Å². The third-order valence-electron chi connectivity index (χ3n) is 2.58. The van der Waals surface area contributed by atoms with Gasteiger partial charge in [-0.3, -0.25) is 9.59 Å². The van der Waals surface area contributed by atoms with Gasteiger partial charge in [0.2, 0.25) is 5.12 Å². The molecule has 1 saturated heterocycles. The number of hydrogen-bond acceptors (Lipinski definition) is 4. The first-order chi connectivity index (χ1) is 8.00. The maximum atomic E-state index is 12.0. The zero-order chi connectivity index (χ0) is 12.5. The molecule has 2 rings (SSSR count). The van der Waals surface area contributed by atoms with E-state index in [-0.39, 0.29) is 15.8 Å². The van der Waals surface area contributed by atoms with Crippen LogP contribution in [0.5, 0.6) is 0 Å². The summed E-state index contributed by atoms with van der Waals surface area (Å²) < 4.78 is -0.258. The van der Waals surface area contributed by atoms with E-state index in [0.29, 0.717) is 5.56 Å². The number of hydrogen-bond donors (Lipinski definition) is 1. The van der Waals surface area contributed by atoms with Crippen LogP contribution in [0.25, 0.3) is 0 Å². The molecule has 3 nitrogen and oxygen atoms in total. The SMILES string of the molecule is CC1(C)SSC(=O)[C@@H]1NC(=O)c1ccccc1. The van der Waals surface area contributed by atoms with Crippen LogP contribution >= 0.6 is 21.6 Å². The molecular formula is C12H13NO2S2. The molecule has 0 radical (unpaired) electrons. The van der Waals surface area contributed by atoms with Crippen molar-refractivity contribution in [3.05, 3.63) is 35.9 Å². The molecule has 1 aromatic carbocycles. The number of rotatable bonds is 2. The lowest BCUT2D eigenvalue weighted by molar-refractivity contribution is -0.112. The molecule has 1 aliphatic rings. The minimum Gasteiger partial charge on any atom is -0.340 e. The van der Waals surface area contributed by atoms with Gasteiger partial charge in [-0.15, -0.1) is 0 Å². The van der Waals surface area contributed by atoms with Gasteiger partial charge in [0.15, 0.2) is 0 Å². The topological polar surface area (TPSA) is 46.2 Å².